The smallest absolute Gasteiger partial charge is 0.310 e. The van der Waals surface area contributed by atoms with Gasteiger partial charge < -0.3 is 10.8 Å². The Labute approximate surface area is 108 Å². The Morgan fingerprint density at radius 1 is 1.33 bits per heavy atom. The molecule has 18 heavy (non-hydrogen) atoms. The molecule has 0 bridgehead atoms. The van der Waals surface area contributed by atoms with Crippen LogP contribution in [0, 0.1) is 12.3 Å². The third-order valence-electron chi connectivity index (χ3n) is 4.30. The van der Waals surface area contributed by atoms with Gasteiger partial charge in [-0.3, -0.25) is 4.79 Å². The maximum Gasteiger partial charge on any atom is 0.310 e. The van der Waals surface area contributed by atoms with Crippen molar-refractivity contribution >= 4 is 5.97 Å². The van der Waals surface area contributed by atoms with E-state index < -0.39 is 11.4 Å². The molecule has 1 aromatic carbocycles. The van der Waals surface area contributed by atoms with E-state index in [1.165, 1.54) is 5.56 Å². The molecule has 3 heteroatoms. The number of hydrogen-bond acceptors (Lipinski definition) is 2. The molecule has 1 aliphatic carbocycles. The third kappa shape index (κ3) is 2.15. The van der Waals surface area contributed by atoms with Crippen LogP contribution >= 0.6 is 0 Å². The zero-order valence-corrected chi connectivity index (χ0v) is 10.9. The number of carboxylic acids is 1. The predicted molar refractivity (Wildman–Crippen MR) is 71.5 cm³/mol. The summed E-state index contributed by atoms with van der Waals surface area (Å²) < 4.78 is 0. The minimum absolute atomic E-state index is 0.0712. The maximum atomic E-state index is 11.7. The molecule has 0 aliphatic heterocycles. The minimum Gasteiger partial charge on any atom is -0.481 e. The quantitative estimate of drug-likeness (QED) is 0.859. The fourth-order valence-electron chi connectivity index (χ4n) is 3.20. The lowest BCUT2D eigenvalue weighted by atomic mass is 9.70. The number of carboxylic acid groups (broad SMARTS) is 1. The molecule has 0 aromatic heterocycles. The second-order valence-corrected chi connectivity index (χ2v) is 5.37. The van der Waals surface area contributed by atoms with Crippen molar-refractivity contribution in [3.63, 3.8) is 0 Å². The highest BCUT2D eigenvalue weighted by Gasteiger charge is 2.47. The van der Waals surface area contributed by atoms with Gasteiger partial charge in [-0.05, 0) is 25.3 Å². The fourth-order valence-corrected chi connectivity index (χ4v) is 3.20. The van der Waals surface area contributed by atoms with Crippen LogP contribution in [0.5, 0.6) is 0 Å². The monoisotopic (exact) mass is 247 g/mol. The summed E-state index contributed by atoms with van der Waals surface area (Å²) in [5.41, 5.74) is 7.48. The first kappa shape index (κ1) is 13.1. The summed E-state index contributed by atoms with van der Waals surface area (Å²) in [5, 5.41) is 9.63. The van der Waals surface area contributed by atoms with Crippen molar-refractivity contribution in [2.24, 2.45) is 11.1 Å². The van der Waals surface area contributed by atoms with E-state index in [0.717, 1.165) is 31.2 Å². The van der Waals surface area contributed by atoms with E-state index in [4.69, 9.17) is 5.73 Å². The van der Waals surface area contributed by atoms with E-state index in [1.807, 2.05) is 31.2 Å². The molecule has 0 amide bonds. The highest BCUT2D eigenvalue weighted by molar-refractivity contribution is 5.76. The molecule has 0 spiro atoms. The Bertz CT molecular complexity index is 419. The van der Waals surface area contributed by atoms with Crippen LogP contribution in [0.2, 0.25) is 0 Å². The van der Waals surface area contributed by atoms with Crippen LogP contribution in [0.25, 0.3) is 0 Å². The molecule has 1 aliphatic rings. The topological polar surface area (TPSA) is 63.3 Å². The van der Waals surface area contributed by atoms with Crippen molar-refractivity contribution in [2.45, 2.75) is 38.5 Å². The minimum atomic E-state index is -0.684. The molecule has 3 nitrogen and oxygen atoms in total. The maximum absolute atomic E-state index is 11.7. The van der Waals surface area contributed by atoms with Gasteiger partial charge in [-0.1, -0.05) is 42.7 Å². The first-order chi connectivity index (χ1) is 8.60. The molecule has 1 saturated carbocycles. The van der Waals surface area contributed by atoms with Gasteiger partial charge in [0.2, 0.25) is 0 Å². The lowest BCUT2D eigenvalue weighted by Crippen LogP contribution is -2.38. The Morgan fingerprint density at radius 2 is 1.89 bits per heavy atom. The normalized spacial score (nSPS) is 19.7. The van der Waals surface area contributed by atoms with E-state index in [-0.39, 0.29) is 5.92 Å². The number of aryl methyl sites for hydroxylation is 1. The van der Waals surface area contributed by atoms with Crippen molar-refractivity contribution in [2.75, 3.05) is 6.54 Å². The van der Waals surface area contributed by atoms with Crippen LogP contribution in [0.15, 0.2) is 24.3 Å². The van der Waals surface area contributed by atoms with Crippen molar-refractivity contribution < 1.29 is 9.90 Å². The number of benzene rings is 1. The molecule has 98 valence electrons. The van der Waals surface area contributed by atoms with Crippen molar-refractivity contribution in [3.8, 4) is 0 Å². The average Bonchev–Trinajstić information content (AvgIpc) is 2.83. The molecule has 1 fully saturated rings. The first-order valence-electron chi connectivity index (χ1n) is 6.60. The molecule has 1 atom stereocenters. The van der Waals surface area contributed by atoms with Gasteiger partial charge in [-0.15, -0.1) is 0 Å². The first-order valence-corrected chi connectivity index (χ1v) is 6.60. The van der Waals surface area contributed by atoms with Gasteiger partial charge in [0.25, 0.3) is 0 Å². The second kappa shape index (κ2) is 5.11. The van der Waals surface area contributed by atoms with Gasteiger partial charge in [0.1, 0.15) is 0 Å². The molecule has 0 heterocycles. The summed E-state index contributed by atoms with van der Waals surface area (Å²) in [6.45, 7) is 2.43. The number of aliphatic carboxylic acids is 1. The largest absolute Gasteiger partial charge is 0.481 e. The van der Waals surface area contributed by atoms with Gasteiger partial charge in [-0.25, -0.2) is 0 Å². The summed E-state index contributed by atoms with van der Waals surface area (Å²) in [4.78, 5) is 11.7. The zero-order valence-electron chi connectivity index (χ0n) is 10.9. The second-order valence-electron chi connectivity index (χ2n) is 5.37. The van der Waals surface area contributed by atoms with Crippen LogP contribution < -0.4 is 5.73 Å². The van der Waals surface area contributed by atoms with Gasteiger partial charge in [0, 0.05) is 12.5 Å². The molecule has 0 radical (unpaired) electrons. The average molecular weight is 247 g/mol. The van der Waals surface area contributed by atoms with E-state index >= 15 is 0 Å². The van der Waals surface area contributed by atoms with Crippen LogP contribution in [0.1, 0.15) is 42.7 Å². The van der Waals surface area contributed by atoms with E-state index in [2.05, 4.69) is 0 Å². The van der Waals surface area contributed by atoms with Gasteiger partial charge in [-0.2, -0.15) is 0 Å². The summed E-state index contributed by atoms with van der Waals surface area (Å²) in [5.74, 6) is -0.755. The summed E-state index contributed by atoms with van der Waals surface area (Å²) in [6, 6.07) is 8.11. The number of rotatable bonds is 4. The van der Waals surface area contributed by atoms with Gasteiger partial charge in [0.15, 0.2) is 0 Å². The molecule has 0 unspecified atom stereocenters. The van der Waals surface area contributed by atoms with E-state index in [1.54, 1.807) is 0 Å². The Balaban J connectivity index is 2.37. The Hall–Kier alpha value is -1.35. The van der Waals surface area contributed by atoms with Crippen LogP contribution in [0.3, 0.4) is 0 Å². The number of nitrogens with two attached hydrogens (primary N) is 1. The molecular formula is C15H21NO2. The summed E-state index contributed by atoms with van der Waals surface area (Å²) in [7, 11) is 0. The standard InChI is InChI=1S/C15H21NO2/c1-11-4-6-12(7-5-11)13(10-16)15(14(17)18)8-2-3-9-15/h4-7,13H,2-3,8-10,16H2,1H3,(H,17,18)/t13-/m1/s1. The van der Waals surface area contributed by atoms with Crippen LogP contribution in [-0.4, -0.2) is 17.6 Å². The highest BCUT2D eigenvalue weighted by atomic mass is 16.4. The van der Waals surface area contributed by atoms with Crippen LogP contribution in [0.4, 0.5) is 0 Å². The number of carbonyl (C=O) groups is 1. The molecule has 1 aromatic rings. The SMILES string of the molecule is Cc1ccc([C@@H](CN)C2(C(=O)O)CCCC2)cc1. The lowest BCUT2D eigenvalue weighted by molar-refractivity contribution is -0.150. The van der Waals surface area contributed by atoms with Gasteiger partial charge in [0.05, 0.1) is 5.41 Å². The predicted octanol–water partition coefficient (Wildman–Crippen LogP) is 2.68. The van der Waals surface area contributed by atoms with Gasteiger partial charge >= 0.3 is 5.97 Å². The molecule has 2 rings (SSSR count). The van der Waals surface area contributed by atoms with E-state index in [9.17, 15) is 9.90 Å². The van der Waals surface area contributed by atoms with Crippen molar-refractivity contribution in [1.82, 2.24) is 0 Å². The summed E-state index contributed by atoms with van der Waals surface area (Å²) >= 11 is 0. The number of hydrogen-bond donors (Lipinski definition) is 2. The zero-order chi connectivity index (χ0) is 13.2. The lowest BCUT2D eigenvalue weighted by Gasteiger charge is -2.33. The molecule has 0 saturated heterocycles. The molecule has 3 N–H and O–H groups in total. The highest BCUT2D eigenvalue weighted by Crippen LogP contribution is 2.48. The van der Waals surface area contributed by atoms with Crippen molar-refractivity contribution in [3.05, 3.63) is 35.4 Å². The van der Waals surface area contributed by atoms with Crippen molar-refractivity contribution in [1.29, 1.82) is 0 Å². The Kier molecular flexibility index (Phi) is 3.71. The fraction of sp³-hybridized carbons (Fsp3) is 0.533. The summed E-state index contributed by atoms with van der Waals surface area (Å²) in [6.07, 6.45) is 3.49. The Morgan fingerprint density at radius 3 is 2.33 bits per heavy atom. The molecular weight excluding hydrogens is 226 g/mol. The van der Waals surface area contributed by atoms with E-state index in [0.29, 0.717) is 6.54 Å². The van der Waals surface area contributed by atoms with Crippen LogP contribution in [-0.2, 0) is 4.79 Å². The third-order valence-corrected chi connectivity index (χ3v) is 4.30.